The molecule has 114 valence electrons. The average Bonchev–Trinajstić information content (AvgIpc) is 2.95. The second-order valence-corrected chi connectivity index (χ2v) is 8.10. The molecule has 0 amide bonds. The van der Waals surface area contributed by atoms with Crippen LogP contribution < -0.4 is 10.2 Å². The summed E-state index contributed by atoms with van der Waals surface area (Å²) in [7, 11) is -4.30. The van der Waals surface area contributed by atoms with Gasteiger partial charge in [-0.05, 0) is 36.0 Å². The van der Waals surface area contributed by atoms with E-state index in [-0.39, 0.29) is 24.5 Å². The van der Waals surface area contributed by atoms with Gasteiger partial charge in [0.25, 0.3) is 0 Å². The maximum absolute atomic E-state index is 12.5. The van der Waals surface area contributed by atoms with E-state index in [4.69, 9.17) is 9.39 Å². The van der Waals surface area contributed by atoms with Gasteiger partial charge in [-0.25, -0.2) is 8.42 Å². The predicted octanol–water partition coefficient (Wildman–Crippen LogP) is 0.810. The van der Waals surface area contributed by atoms with Crippen LogP contribution in [0, 0.1) is 0 Å². The minimum Gasteiger partial charge on any atom is -0.490 e. The Morgan fingerprint density at radius 1 is 1.29 bits per heavy atom. The first-order valence-corrected chi connectivity index (χ1v) is 8.60. The molecule has 21 heavy (non-hydrogen) atoms. The highest BCUT2D eigenvalue weighted by molar-refractivity contribution is 7.92. The number of rotatable bonds is 0. The maximum Gasteiger partial charge on any atom is 0.492 e. The molecule has 1 saturated carbocycles. The van der Waals surface area contributed by atoms with Gasteiger partial charge in [-0.3, -0.25) is 0 Å². The normalized spacial score (nSPS) is 32.2. The molecule has 5 nitrogen and oxygen atoms in total. The van der Waals surface area contributed by atoms with Gasteiger partial charge in [0.05, 0.1) is 23.2 Å². The predicted molar refractivity (Wildman–Crippen MR) is 80.4 cm³/mol. The topological polar surface area (TPSA) is 72.8 Å². The van der Waals surface area contributed by atoms with Crippen molar-refractivity contribution in [1.29, 1.82) is 0 Å². The van der Waals surface area contributed by atoms with Crippen LogP contribution in [0.25, 0.3) is 0 Å². The molecule has 0 spiro atoms. The molecule has 0 saturated heterocycles. The van der Waals surface area contributed by atoms with Gasteiger partial charge < -0.3 is 14.4 Å². The van der Waals surface area contributed by atoms with Crippen LogP contribution in [-0.4, -0.2) is 37.7 Å². The van der Waals surface area contributed by atoms with Crippen molar-refractivity contribution in [3.05, 3.63) is 23.8 Å². The molecule has 1 fully saturated rings. The quantitative estimate of drug-likeness (QED) is 0.718. The van der Waals surface area contributed by atoms with E-state index in [2.05, 4.69) is 0 Å². The molecule has 0 radical (unpaired) electrons. The van der Waals surface area contributed by atoms with Gasteiger partial charge in [-0.2, -0.15) is 0 Å². The van der Waals surface area contributed by atoms with Crippen LogP contribution >= 0.6 is 0 Å². The molecule has 3 heterocycles. The number of sulfone groups is 1. The molecule has 1 aromatic rings. The van der Waals surface area contributed by atoms with Crippen molar-refractivity contribution in [2.75, 3.05) is 5.75 Å². The average molecular weight is 310 g/mol. The van der Waals surface area contributed by atoms with Gasteiger partial charge >= 0.3 is 7.12 Å². The summed E-state index contributed by atoms with van der Waals surface area (Å²) < 4.78 is 36.2. The van der Waals surface area contributed by atoms with Gasteiger partial charge in [0, 0.05) is 6.42 Å². The molecule has 0 aromatic heterocycles. The molecule has 7 heteroatoms. The van der Waals surface area contributed by atoms with Crippen molar-refractivity contribution >= 4 is 22.4 Å². The van der Waals surface area contributed by atoms with Crippen LogP contribution in [0.1, 0.15) is 38.4 Å². The number of hydrogen-bond acceptors (Lipinski definition) is 5. The van der Waals surface area contributed by atoms with Crippen LogP contribution in [0.15, 0.2) is 18.2 Å². The third kappa shape index (κ3) is 2.37. The molecular formula is C14H19BO5S. The lowest BCUT2D eigenvalue weighted by Crippen LogP contribution is -2.29. The molecule has 4 aliphatic rings. The number of hydrogen-bond donors (Lipinski definition) is 1. The van der Waals surface area contributed by atoms with Crippen LogP contribution in [0.3, 0.4) is 0 Å². The lowest BCUT2D eigenvalue weighted by Gasteiger charge is -2.16. The third-order valence-corrected chi connectivity index (χ3v) is 6.71. The van der Waals surface area contributed by atoms with E-state index in [0.29, 0.717) is 24.1 Å². The van der Waals surface area contributed by atoms with Crippen molar-refractivity contribution < 1.29 is 22.8 Å². The molecule has 3 unspecified atom stereocenters. The second-order valence-electron chi connectivity index (χ2n) is 5.77. The minimum atomic E-state index is -3.24. The first-order chi connectivity index (χ1) is 9.53. The first-order valence-electron chi connectivity index (χ1n) is 6.88. The van der Waals surface area contributed by atoms with E-state index < -0.39 is 23.1 Å². The number of ether oxygens (including phenoxy) is 1. The van der Waals surface area contributed by atoms with E-state index >= 15 is 0 Å². The molecule has 3 aliphatic heterocycles. The van der Waals surface area contributed by atoms with E-state index in [0.717, 1.165) is 12.0 Å². The fraction of sp³-hybridized carbons (Fsp3) is 0.571. The fourth-order valence-corrected chi connectivity index (χ4v) is 5.39. The smallest absolute Gasteiger partial charge is 0.490 e. The summed E-state index contributed by atoms with van der Waals surface area (Å²) in [4.78, 5) is 0. The van der Waals surface area contributed by atoms with Crippen molar-refractivity contribution in [2.24, 2.45) is 0 Å². The van der Waals surface area contributed by atoms with E-state index in [1.807, 2.05) is 6.07 Å². The summed E-state index contributed by atoms with van der Waals surface area (Å²) in [6, 6.07) is 5.41. The van der Waals surface area contributed by atoms with E-state index in [1.54, 1.807) is 12.1 Å². The first kappa shape index (κ1) is 14.9. The molecule has 1 aliphatic carbocycles. The molecular weight excluding hydrogens is 291 g/mol. The van der Waals surface area contributed by atoms with Crippen LogP contribution in [0.4, 0.5) is 0 Å². The highest BCUT2D eigenvalue weighted by Gasteiger charge is 2.43. The van der Waals surface area contributed by atoms with Gasteiger partial charge in [0.1, 0.15) is 5.75 Å². The summed E-state index contributed by atoms with van der Waals surface area (Å²) in [5.74, 6) is 0.616. The Labute approximate surface area is 125 Å². The minimum absolute atomic E-state index is 0. The molecule has 1 aromatic carbocycles. The van der Waals surface area contributed by atoms with Crippen molar-refractivity contribution in [2.45, 2.75) is 44.1 Å². The Hall–Kier alpha value is -1.05. The summed E-state index contributed by atoms with van der Waals surface area (Å²) in [5.41, 5.74) is 1.38. The molecule has 6 bridgehead atoms. The lowest BCUT2D eigenvalue weighted by molar-refractivity contribution is 0.208. The van der Waals surface area contributed by atoms with E-state index in [9.17, 15) is 13.4 Å². The highest BCUT2D eigenvalue weighted by atomic mass is 32.2. The molecule has 1 N–H and O–H groups in total. The number of fused-ring (bicyclic) bond motifs is 2. The summed E-state index contributed by atoms with van der Waals surface area (Å²) in [5, 5.41) is 9.58. The molecule has 3 atom stereocenters. The van der Waals surface area contributed by atoms with Gasteiger partial charge in [-0.15, -0.1) is 0 Å². The second kappa shape index (κ2) is 5.00. The lowest BCUT2D eigenvalue weighted by atomic mass is 9.79. The number of benzene rings is 1. The standard InChI is InChI=1S/C13H15BO5S.CH4/c15-14-12-6-9-2-4-11(12)13(19-14)7-20(16,17)10-3-1-8(5-10)18-9;/h2,4,6,8,10,13,15H,1,3,5,7H2;1H4. The zero-order valence-corrected chi connectivity index (χ0v) is 11.7. The largest absolute Gasteiger partial charge is 0.492 e. The van der Waals surface area contributed by atoms with Crippen LogP contribution in [-0.2, 0) is 14.5 Å². The van der Waals surface area contributed by atoms with Crippen molar-refractivity contribution in [3.8, 4) is 5.75 Å². The summed E-state index contributed by atoms with van der Waals surface area (Å²) >= 11 is 0. The zero-order valence-electron chi connectivity index (χ0n) is 10.9. The Balaban J connectivity index is 0.00000132. The van der Waals surface area contributed by atoms with Crippen molar-refractivity contribution in [1.82, 2.24) is 0 Å². The monoisotopic (exact) mass is 310 g/mol. The van der Waals surface area contributed by atoms with Crippen LogP contribution in [0.2, 0.25) is 0 Å². The zero-order chi connectivity index (χ0) is 13.9. The summed E-state index contributed by atoms with van der Waals surface area (Å²) in [6.45, 7) is 0. The van der Waals surface area contributed by atoms with E-state index in [1.165, 1.54) is 0 Å². The van der Waals surface area contributed by atoms with Crippen molar-refractivity contribution in [3.63, 3.8) is 0 Å². The highest BCUT2D eigenvalue weighted by Crippen LogP contribution is 2.35. The van der Waals surface area contributed by atoms with Gasteiger partial charge in [0.2, 0.25) is 0 Å². The Kier molecular flexibility index (Phi) is 3.54. The Morgan fingerprint density at radius 3 is 2.90 bits per heavy atom. The summed E-state index contributed by atoms with van der Waals surface area (Å²) in [6.07, 6.45) is 1.33. The Bertz CT molecular complexity index is 659. The van der Waals surface area contributed by atoms with Crippen LogP contribution in [0.5, 0.6) is 5.75 Å². The molecule has 5 rings (SSSR count). The third-order valence-electron chi connectivity index (χ3n) is 4.50. The Morgan fingerprint density at radius 2 is 2.10 bits per heavy atom. The maximum atomic E-state index is 12.5. The SMILES string of the molecule is C.O=S1(=O)CC2OB(O)c3cc(ccc32)OC2CCC1C2. The van der Waals surface area contributed by atoms with Gasteiger partial charge in [-0.1, -0.05) is 13.5 Å². The van der Waals surface area contributed by atoms with Gasteiger partial charge in [0.15, 0.2) is 9.84 Å². The fourth-order valence-electron chi connectivity index (χ4n) is 3.44.